The van der Waals surface area contributed by atoms with Crippen LogP contribution in [0.2, 0.25) is 0 Å². The molecule has 0 aromatic carbocycles. The Morgan fingerprint density at radius 2 is 1.69 bits per heavy atom. The molecule has 0 aliphatic heterocycles. The van der Waals surface area contributed by atoms with Crippen LogP contribution in [-0.4, -0.2) is 16.0 Å². The maximum absolute atomic E-state index is 9.07. The topological polar surface area (TPSA) is 34.4 Å². The third-order valence-corrected chi connectivity index (χ3v) is 2.08. The van der Waals surface area contributed by atoms with Crippen LogP contribution in [0.3, 0.4) is 0 Å². The molecule has 1 aromatic heterocycles. The van der Waals surface area contributed by atoms with Crippen LogP contribution in [0.4, 0.5) is 0 Å². The molecule has 0 saturated heterocycles. The van der Waals surface area contributed by atoms with Gasteiger partial charge in [-0.1, -0.05) is 0 Å². The van der Waals surface area contributed by atoms with E-state index in [2.05, 4.69) is 0 Å². The molecular weight excluding hydrogens is 166 g/mol. The minimum atomic E-state index is -0.726. The average Bonchev–Trinajstić information content (AvgIpc) is 2.29. The van der Waals surface area contributed by atoms with E-state index in [1.165, 1.54) is 0 Å². The van der Waals surface area contributed by atoms with Crippen LogP contribution < -0.4 is 0 Å². The zero-order chi connectivity index (χ0) is 10.0. The van der Waals surface area contributed by atoms with Crippen LogP contribution in [0, 0.1) is 13.8 Å². The van der Waals surface area contributed by atoms with Crippen molar-refractivity contribution < 1.29 is 9.84 Å². The molecule has 0 fully saturated rings. The predicted octanol–water partition coefficient (Wildman–Crippen LogP) is 1.98. The maximum Gasteiger partial charge on any atom is 0.154 e. The summed E-state index contributed by atoms with van der Waals surface area (Å²) in [6.45, 7) is 7.58. The third-order valence-electron chi connectivity index (χ3n) is 2.08. The monoisotopic (exact) mass is 183 g/mol. The van der Waals surface area contributed by atoms with Crippen molar-refractivity contribution in [2.24, 2.45) is 0 Å². The summed E-state index contributed by atoms with van der Waals surface area (Å²) in [6.07, 6.45) is -0.841. The molecule has 3 nitrogen and oxygen atoms in total. The number of aromatic nitrogens is 1. The highest BCUT2D eigenvalue weighted by Crippen LogP contribution is 2.17. The van der Waals surface area contributed by atoms with E-state index in [0.29, 0.717) is 0 Å². The number of nitrogens with zero attached hydrogens (tertiary/aromatic N) is 1. The van der Waals surface area contributed by atoms with Crippen molar-refractivity contribution in [2.45, 2.75) is 40.2 Å². The molecule has 13 heavy (non-hydrogen) atoms. The molecule has 1 aromatic rings. The molecular formula is C10H17NO2. The van der Waals surface area contributed by atoms with E-state index in [0.717, 1.165) is 11.4 Å². The van der Waals surface area contributed by atoms with Gasteiger partial charge in [-0.05, 0) is 39.8 Å². The largest absolute Gasteiger partial charge is 0.368 e. The van der Waals surface area contributed by atoms with Crippen molar-refractivity contribution in [3.8, 4) is 0 Å². The van der Waals surface area contributed by atoms with Crippen LogP contribution in [0.1, 0.15) is 31.5 Å². The van der Waals surface area contributed by atoms with E-state index in [9.17, 15) is 0 Å². The molecule has 0 aliphatic rings. The summed E-state index contributed by atoms with van der Waals surface area (Å²) in [5.41, 5.74) is 2.29. The van der Waals surface area contributed by atoms with Crippen LogP contribution in [-0.2, 0) is 4.74 Å². The van der Waals surface area contributed by atoms with E-state index >= 15 is 0 Å². The summed E-state index contributed by atoms with van der Waals surface area (Å²) in [5.74, 6) is 0. The zero-order valence-electron chi connectivity index (χ0n) is 8.61. The van der Waals surface area contributed by atoms with Crippen molar-refractivity contribution in [2.75, 3.05) is 0 Å². The van der Waals surface area contributed by atoms with Gasteiger partial charge < -0.3 is 14.4 Å². The van der Waals surface area contributed by atoms with E-state index in [1.54, 1.807) is 6.92 Å². The smallest absolute Gasteiger partial charge is 0.154 e. The van der Waals surface area contributed by atoms with Gasteiger partial charge in [0.1, 0.15) is 6.23 Å². The summed E-state index contributed by atoms with van der Waals surface area (Å²) >= 11 is 0. The molecule has 0 radical (unpaired) electrons. The van der Waals surface area contributed by atoms with E-state index in [4.69, 9.17) is 9.84 Å². The third kappa shape index (κ3) is 2.32. The summed E-state index contributed by atoms with van der Waals surface area (Å²) in [4.78, 5) is 0. The standard InChI is InChI=1S/C10H17NO2/c1-7-5-6-8(2)11(7)9(3)13-10(4)12/h5-6,9-10,12H,1-4H3. The minimum Gasteiger partial charge on any atom is -0.368 e. The second-order valence-electron chi connectivity index (χ2n) is 3.32. The van der Waals surface area contributed by atoms with Gasteiger partial charge in [0.15, 0.2) is 6.29 Å². The lowest BCUT2D eigenvalue weighted by molar-refractivity contribution is -0.143. The molecule has 2 atom stereocenters. The van der Waals surface area contributed by atoms with Gasteiger partial charge in [0.25, 0.3) is 0 Å². The van der Waals surface area contributed by atoms with Crippen molar-refractivity contribution in [1.82, 2.24) is 4.57 Å². The molecule has 3 heteroatoms. The Morgan fingerprint density at radius 1 is 1.23 bits per heavy atom. The Labute approximate surface area is 78.9 Å². The fourth-order valence-electron chi connectivity index (χ4n) is 1.60. The van der Waals surface area contributed by atoms with Crippen LogP contribution in [0.25, 0.3) is 0 Å². The first-order valence-corrected chi connectivity index (χ1v) is 4.50. The van der Waals surface area contributed by atoms with Gasteiger partial charge in [0.05, 0.1) is 0 Å². The predicted molar refractivity (Wildman–Crippen MR) is 51.4 cm³/mol. The van der Waals surface area contributed by atoms with Gasteiger partial charge in [0, 0.05) is 11.4 Å². The van der Waals surface area contributed by atoms with E-state index < -0.39 is 6.29 Å². The van der Waals surface area contributed by atoms with Gasteiger partial charge in [-0.25, -0.2) is 0 Å². The first-order chi connectivity index (χ1) is 6.02. The highest BCUT2D eigenvalue weighted by atomic mass is 16.6. The second kappa shape index (κ2) is 3.94. The van der Waals surface area contributed by atoms with Crippen molar-refractivity contribution >= 4 is 0 Å². The molecule has 1 N–H and O–H groups in total. The van der Waals surface area contributed by atoms with Gasteiger partial charge in [0.2, 0.25) is 0 Å². The molecule has 0 bridgehead atoms. The number of aryl methyl sites for hydroxylation is 2. The number of aliphatic hydroxyl groups is 1. The summed E-state index contributed by atoms with van der Waals surface area (Å²) in [5, 5.41) is 9.07. The molecule has 0 aliphatic carbocycles. The van der Waals surface area contributed by atoms with Gasteiger partial charge in [-0.15, -0.1) is 0 Å². The summed E-state index contributed by atoms with van der Waals surface area (Å²) < 4.78 is 7.32. The van der Waals surface area contributed by atoms with E-state index in [1.807, 2.05) is 37.5 Å². The SMILES string of the molecule is Cc1ccc(C)n1C(C)OC(C)O. The summed E-state index contributed by atoms with van der Waals surface area (Å²) in [7, 11) is 0. The highest BCUT2D eigenvalue weighted by Gasteiger charge is 2.11. The number of aliphatic hydroxyl groups excluding tert-OH is 1. The van der Waals surface area contributed by atoms with Crippen LogP contribution >= 0.6 is 0 Å². The molecule has 0 saturated carbocycles. The molecule has 74 valence electrons. The molecule has 0 amide bonds. The summed E-state index contributed by atoms with van der Waals surface area (Å²) in [6, 6.07) is 4.08. The molecule has 1 heterocycles. The lowest BCUT2D eigenvalue weighted by Crippen LogP contribution is -2.17. The highest BCUT2D eigenvalue weighted by molar-refractivity contribution is 5.14. The lowest BCUT2D eigenvalue weighted by Gasteiger charge is -2.20. The minimum absolute atomic E-state index is 0.116. The number of hydrogen-bond acceptors (Lipinski definition) is 2. The Hall–Kier alpha value is -0.800. The first-order valence-electron chi connectivity index (χ1n) is 4.50. The van der Waals surface area contributed by atoms with Crippen LogP contribution in [0.15, 0.2) is 12.1 Å². The fraction of sp³-hybridized carbons (Fsp3) is 0.600. The van der Waals surface area contributed by atoms with Crippen molar-refractivity contribution in [3.05, 3.63) is 23.5 Å². The fourth-order valence-corrected chi connectivity index (χ4v) is 1.60. The van der Waals surface area contributed by atoms with Gasteiger partial charge in [-0.2, -0.15) is 0 Å². The quantitative estimate of drug-likeness (QED) is 0.727. The molecule has 0 spiro atoms. The van der Waals surface area contributed by atoms with Crippen molar-refractivity contribution in [3.63, 3.8) is 0 Å². The van der Waals surface area contributed by atoms with E-state index in [-0.39, 0.29) is 6.23 Å². The Balaban J connectivity index is 2.81. The zero-order valence-corrected chi connectivity index (χ0v) is 8.61. The molecule has 1 rings (SSSR count). The second-order valence-corrected chi connectivity index (χ2v) is 3.32. The van der Waals surface area contributed by atoms with Gasteiger partial charge in [-0.3, -0.25) is 0 Å². The van der Waals surface area contributed by atoms with Crippen molar-refractivity contribution in [1.29, 1.82) is 0 Å². The molecule has 2 unspecified atom stereocenters. The van der Waals surface area contributed by atoms with Crippen LogP contribution in [0.5, 0.6) is 0 Å². The number of ether oxygens (including phenoxy) is 1. The number of rotatable bonds is 3. The first kappa shape index (κ1) is 10.3. The average molecular weight is 183 g/mol. The Morgan fingerprint density at radius 3 is 2.08 bits per heavy atom. The maximum atomic E-state index is 9.07. The lowest BCUT2D eigenvalue weighted by atomic mass is 10.5. The Bertz CT molecular complexity index is 259. The Kier molecular flexibility index (Phi) is 3.12. The van der Waals surface area contributed by atoms with Gasteiger partial charge >= 0.3 is 0 Å². The normalized spacial score (nSPS) is 15.8. The number of hydrogen-bond donors (Lipinski definition) is 1.